The van der Waals surface area contributed by atoms with Crippen LogP contribution in [0.3, 0.4) is 0 Å². The van der Waals surface area contributed by atoms with Gasteiger partial charge in [-0.1, -0.05) is 38.5 Å². The fourth-order valence-corrected chi connectivity index (χ4v) is 3.86. The molecule has 2 fully saturated rings. The highest BCUT2D eigenvalue weighted by Crippen LogP contribution is 2.28. The molecule has 2 nitrogen and oxygen atoms in total. The molecule has 0 aliphatic heterocycles. The number of rotatable bonds is 9. The van der Waals surface area contributed by atoms with Crippen molar-refractivity contribution in [3.63, 3.8) is 0 Å². The van der Waals surface area contributed by atoms with E-state index < -0.39 is 0 Å². The highest BCUT2D eigenvalue weighted by atomic mass is 16.1. The molecular formula is C18H30O2. The second-order valence-corrected chi connectivity index (χ2v) is 6.81. The summed E-state index contributed by atoms with van der Waals surface area (Å²) < 4.78 is 0. The largest absolute Gasteiger partial charge is 0.299 e. The van der Waals surface area contributed by atoms with Crippen molar-refractivity contribution in [2.75, 3.05) is 0 Å². The standard InChI is InChI=1S/C18H30O2/c19-17(15-9-5-6-10-15)13-3-1-2-4-14-18(20)16-11-7-8-12-16/h15-16H,1-14H2. The number of ketones is 2. The summed E-state index contributed by atoms with van der Waals surface area (Å²) in [7, 11) is 0. The van der Waals surface area contributed by atoms with Crippen molar-refractivity contribution in [3.8, 4) is 0 Å². The molecule has 2 aliphatic rings. The maximum atomic E-state index is 11.9. The van der Waals surface area contributed by atoms with Crippen LogP contribution in [0.15, 0.2) is 0 Å². The third kappa shape index (κ3) is 5.03. The van der Waals surface area contributed by atoms with E-state index in [2.05, 4.69) is 0 Å². The van der Waals surface area contributed by atoms with E-state index in [1.807, 2.05) is 0 Å². The zero-order chi connectivity index (χ0) is 14.2. The van der Waals surface area contributed by atoms with Crippen LogP contribution in [0.2, 0.25) is 0 Å². The van der Waals surface area contributed by atoms with Gasteiger partial charge in [-0.25, -0.2) is 0 Å². The minimum atomic E-state index is 0.388. The van der Waals surface area contributed by atoms with Gasteiger partial charge in [-0.15, -0.1) is 0 Å². The van der Waals surface area contributed by atoms with E-state index in [0.29, 0.717) is 23.4 Å². The summed E-state index contributed by atoms with van der Waals surface area (Å²) in [6.07, 6.45) is 15.4. The van der Waals surface area contributed by atoms with E-state index in [1.54, 1.807) is 0 Å². The molecule has 0 atom stereocenters. The van der Waals surface area contributed by atoms with Crippen molar-refractivity contribution in [1.82, 2.24) is 0 Å². The lowest BCUT2D eigenvalue weighted by Crippen LogP contribution is -2.10. The summed E-state index contributed by atoms with van der Waals surface area (Å²) in [5.74, 6) is 1.78. The lowest BCUT2D eigenvalue weighted by atomic mass is 9.96. The molecule has 2 rings (SSSR count). The molecule has 0 aromatic carbocycles. The summed E-state index contributed by atoms with van der Waals surface area (Å²) in [6.45, 7) is 0. The number of hydrogen-bond acceptors (Lipinski definition) is 2. The van der Waals surface area contributed by atoms with Crippen molar-refractivity contribution in [2.45, 2.75) is 89.9 Å². The molecule has 20 heavy (non-hydrogen) atoms. The normalized spacial score (nSPS) is 20.6. The molecule has 114 valence electrons. The van der Waals surface area contributed by atoms with E-state index in [0.717, 1.165) is 64.2 Å². The number of carbonyl (C=O) groups is 2. The third-order valence-corrected chi connectivity index (χ3v) is 5.22. The number of Topliss-reactive ketones (excluding diaryl/α,β-unsaturated/α-hetero) is 2. The fraction of sp³-hybridized carbons (Fsp3) is 0.889. The monoisotopic (exact) mass is 278 g/mol. The highest BCUT2D eigenvalue weighted by molar-refractivity contribution is 5.81. The van der Waals surface area contributed by atoms with Gasteiger partial charge in [0, 0.05) is 24.7 Å². The molecule has 0 aromatic heterocycles. The Labute approximate surface area is 123 Å². The van der Waals surface area contributed by atoms with Gasteiger partial charge in [-0.05, 0) is 38.5 Å². The fourth-order valence-electron chi connectivity index (χ4n) is 3.86. The van der Waals surface area contributed by atoms with Gasteiger partial charge in [0.15, 0.2) is 0 Å². The SMILES string of the molecule is O=C(CCCCCCC(=O)C1CCCC1)C1CCCC1. The zero-order valence-corrected chi connectivity index (χ0v) is 12.9. The van der Waals surface area contributed by atoms with Crippen LogP contribution in [-0.2, 0) is 9.59 Å². The minimum absolute atomic E-state index is 0.388. The van der Waals surface area contributed by atoms with Crippen LogP contribution >= 0.6 is 0 Å². The average molecular weight is 278 g/mol. The summed E-state index contributed by atoms with van der Waals surface area (Å²) in [5, 5.41) is 0. The van der Waals surface area contributed by atoms with Crippen LogP contribution in [-0.4, -0.2) is 11.6 Å². The lowest BCUT2D eigenvalue weighted by Gasteiger charge is -2.08. The van der Waals surface area contributed by atoms with Crippen LogP contribution in [0.25, 0.3) is 0 Å². The summed E-state index contributed by atoms with van der Waals surface area (Å²) in [4.78, 5) is 23.8. The molecule has 2 heteroatoms. The Hall–Kier alpha value is -0.660. The second kappa shape index (κ2) is 8.59. The van der Waals surface area contributed by atoms with Crippen molar-refractivity contribution < 1.29 is 9.59 Å². The van der Waals surface area contributed by atoms with E-state index >= 15 is 0 Å². The zero-order valence-electron chi connectivity index (χ0n) is 12.9. The molecule has 0 heterocycles. The maximum absolute atomic E-state index is 11.9. The Morgan fingerprint density at radius 2 is 0.950 bits per heavy atom. The molecule has 0 saturated heterocycles. The topological polar surface area (TPSA) is 34.1 Å². The average Bonchev–Trinajstić information content (AvgIpc) is 3.14. The second-order valence-electron chi connectivity index (χ2n) is 6.81. The van der Waals surface area contributed by atoms with Crippen molar-refractivity contribution in [1.29, 1.82) is 0 Å². The van der Waals surface area contributed by atoms with Gasteiger partial charge in [0.05, 0.1) is 0 Å². The van der Waals surface area contributed by atoms with Crippen LogP contribution < -0.4 is 0 Å². The van der Waals surface area contributed by atoms with Crippen LogP contribution in [0.5, 0.6) is 0 Å². The molecule has 0 bridgehead atoms. The summed E-state index contributed by atoms with van der Waals surface area (Å²) in [6, 6.07) is 0. The Morgan fingerprint density at radius 1 is 0.600 bits per heavy atom. The summed E-state index contributed by atoms with van der Waals surface area (Å²) in [5.41, 5.74) is 0. The first-order chi connectivity index (χ1) is 9.77. The lowest BCUT2D eigenvalue weighted by molar-refractivity contribution is -0.123. The first kappa shape index (κ1) is 15.7. The number of carbonyl (C=O) groups excluding carboxylic acids is 2. The Morgan fingerprint density at radius 3 is 1.30 bits per heavy atom. The summed E-state index contributed by atoms with van der Waals surface area (Å²) >= 11 is 0. The van der Waals surface area contributed by atoms with E-state index in [4.69, 9.17) is 0 Å². The van der Waals surface area contributed by atoms with E-state index in [9.17, 15) is 9.59 Å². The van der Waals surface area contributed by atoms with Gasteiger partial charge < -0.3 is 0 Å². The Kier molecular flexibility index (Phi) is 6.75. The quantitative estimate of drug-likeness (QED) is 0.565. The van der Waals surface area contributed by atoms with Crippen LogP contribution in [0.1, 0.15) is 89.9 Å². The first-order valence-corrected chi connectivity index (χ1v) is 8.83. The molecule has 2 aliphatic carbocycles. The van der Waals surface area contributed by atoms with Crippen molar-refractivity contribution in [3.05, 3.63) is 0 Å². The molecule has 0 unspecified atom stereocenters. The molecule has 0 spiro atoms. The minimum Gasteiger partial charge on any atom is -0.299 e. The molecule has 0 amide bonds. The molecular weight excluding hydrogens is 248 g/mol. The van der Waals surface area contributed by atoms with Gasteiger partial charge in [0.1, 0.15) is 11.6 Å². The Balaban J connectivity index is 1.45. The number of unbranched alkanes of at least 4 members (excludes halogenated alkanes) is 3. The van der Waals surface area contributed by atoms with Gasteiger partial charge in [0.25, 0.3) is 0 Å². The van der Waals surface area contributed by atoms with E-state index in [-0.39, 0.29) is 0 Å². The predicted molar refractivity (Wildman–Crippen MR) is 81.6 cm³/mol. The van der Waals surface area contributed by atoms with Crippen molar-refractivity contribution in [2.24, 2.45) is 11.8 Å². The van der Waals surface area contributed by atoms with Gasteiger partial charge in [0.2, 0.25) is 0 Å². The van der Waals surface area contributed by atoms with Gasteiger partial charge in [-0.3, -0.25) is 9.59 Å². The molecule has 0 aromatic rings. The first-order valence-electron chi connectivity index (χ1n) is 8.83. The smallest absolute Gasteiger partial charge is 0.135 e. The van der Waals surface area contributed by atoms with Crippen LogP contribution in [0, 0.1) is 11.8 Å². The van der Waals surface area contributed by atoms with Crippen molar-refractivity contribution >= 4 is 11.6 Å². The molecule has 0 N–H and O–H groups in total. The molecule has 2 saturated carbocycles. The van der Waals surface area contributed by atoms with Gasteiger partial charge >= 0.3 is 0 Å². The van der Waals surface area contributed by atoms with Gasteiger partial charge in [-0.2, -0.15) is 0 Å². The highest BCUT2D eigenvalue weighted by Gasteiger charge is 2.22. The van der Waals surface area contributed by atoms with E-state index in [1.165, 1.54) is 25.7 Å². The Bertz CT molecular complexity index is 277. The third-order valence-electron chi connectivity index (χ3n) is 5.22. The number of hydrogen-bond donors (Lipinski definition) is 0. The molecule has 0 radical (unpaired) electrons. The van der Waals surface area contributed by atoms with Crippen LogP contribution in [0.4, 0.5) is 0 Å². The maximum Gasteiger partial charge on any atom is 0.135 e. The predicted octanol–water partition coefficient (Wildman–Crippen LogP) is 4.85.